The molecule has 21 heavy (non-hydrogen) atoms. The Balaban J connectivity index is 2.14. The SMILES string of the molecule is CC1=CC(N)C(NC=C=O)[C@H](C(O)C2COC(C)(C)O2)O1. The second-order valence-corrected chi connectivity index (χ2v) is 5.75. The van der Waals surface area contributed by atoms with E-state index in [0.29, 0.717) is 5.76 Å². The Morgan fingerprint density at radius 2 is 2.33 bits per heavy atom. The molecule has 0 saturated carbocycles. The number of ether oxygens (including phenoxy) is 3. The fourth-order valence-electron chi connectivity index (χ4n) is 2.63. The smallest absolute Gasteiger partial charge is 0.163 e. The van der Waals surface area contributed by atoms with Crippen LogP contribution in [0.2, 0.25) is 0 Å². The maximum absolute atomic E-state index is 10.5. The van der Waals surface area contributed by atoms with Crippen LogP contribution in [-0.2, 0) is 19.0 Å². The molecule has 0 aromatic rings. The van der Waals surface area contributed by atoms with Crippen molar-refractivity contribution in [3.05, 3.63) is 18.0 Å². The second-order valence-electron chi connectivity index (χ2n) is 5.75. The molecule has 4 unspecified atom stereocenters. The van der Waals surface area contributed by atoms with Crippen molar-refractivity contribution in [2.24, 2.45) is 5.73 Å². The van der Waals surface area contributed by atoms with Gasteiger partial charge in [-0.25, -0.2) is 4.79 Å². The normalized spacial score (nSPS) is 36.1. The van der Waals surface area contributed by atoms with Crippen LogP contribution >= 0.6 is 0 Å². The van der Waals surface area contributed by atoms with E-state index < -0.39 is 36.2 Å². The number of hydrogen-bond donors (Lipinski definition) is 3. The lowest BCUT2D eigenvalue weighted by Crippen LogP contribution is -2.59. The van der Waals surface area contributed by atoms with Crippen LogP contribution in [-0.4, -0.2) is 53.8 Å². The molecule has 0 amide bonds. The van der Waals surface area contributed by atoms with Gasteiger partial charge in [-0.1, -0.05) is 0 Å². The third-order valence-electron chi connectivity index (χ3n) is 3.60. The molecule has 0 aromatic carbocycles. The van der Waals surface area contributed by atoms with E-state index >= 15 is 0 Å². The van der Waals surface area contributed by atoms with Gasteiger partial charge in [-0.05, 0) is 26.8 Å². The van der Waals surface area contributed by atoms with Crippen molar-refractivity contribution in [3.8, 4) is 0 Å². The van der Waals surface area contributed by atoms with E-state index in [2.05, 4.69) is 5.32 Å². The second kappa shape index (κ2) is 6.17. The largest absolute Gasteiger partial charge is 0.490 e. The highest BCUT2D eigenvalue weighted by atomic mass is 16.7. The van der Waals surface area contributed by atoms with Gasteiger partial charge in [-0.2, -0.15) is 0 Å². The van der Waals surface area contributed by atoms with Crippen LogP contribution in [0.1, 0.15) is 20.8 Å². The molecule has 118 valence electrons. The molecule has 0 radical (unpaired) electrons. The lowest BCUT2D eigenvalue weighted by Gasteiger charge is -2.39. The third kappa shape index (κ3) is 3.64. The highest BCUT2D eigenvalue weighted by molar-refractivity contribution is 5.44. The molecule has 2 aliphatic rings. The molecule has 2 rings (SSSR count). The van der Waals surface area contributed by atoms with Gasteiger partial charge in [0.1, 0.15) is 24.3 Å². The molecule has 4 N–H and O–H groups in total. The van der Waals surface area contributed by atoms with Crippen molar-refractivity contribution in [1.82, 2.24) is 5.32 Å². The summed E-state index contributed by atoms with van der Waals surface area (Å²) < 4.78 is 16.8. The number of aliphatic hydroxyl groups is 1. The number of rotatable bonds is 4. The minimum absolute atomic E-state index is 0.266. The molecule has 1 fully saturated rings. The maximum atomic E-state index is 10.5. The van der Waals surface area contributed by atoms with Crippen LogP contribution in [0.4, 0.5) is 0 Å². The van der Waals surface area contributed by atoms with Crippen LogP contribution in [0.25, 0.3) is 0 Å². The molecule has 0 aromatic heterocycles. The Kier molecular flexibility index (Phi) is 4.70. The minimum atomic E-state index is -0.945. The first kappa shape index (κ1) is 16.0. The average molecular weight is 298 g/mol. The van der Waals surface area contributed by atoms with Gasteiger partial charge in [0.2, 0.25) is 0 Å². The van der Waals surface area contributed by atoms with E-state index in [-0.39, 0.29) is 6.61 Å². The summed E-state index contributed by atoms with van der Waals surface area (Å²) in [4.78, 5) is 10.4. The van der Waals surface area contributed by atoms with Gasteiger partial charge in [0.05, 0.1) is 30.6 Å². The van der Waals surface area contributed by atoms with Crippen molar-refractivity contribution in [2.75, 3.05) is 6.61 Å². The Bertz CT molecular complexity index is 458. The number of hydrogen-bond acceptors (Lipinski definition) is 7. The Morgan fingerprint density at radius 1 is 1.62 bits per heavy atom. The third-order valence-corrected chi connectivity index (χ3v) is 3.60. The number of nitrogens with two attached hydrogens (primary N) is 1. The van der Waals surface area contributed by atoms with E-state index in [1.165, 1.54) is 0 Å². The maximum Gasteiger partial charge on any atom is 0.163 e. The lowest BCUT2D eigenvalue weighted by molar-refractivity contribution is -0.165. The van der Waals surface area contributed by atoms with Crippen molar-refractivity contribution in [1.29, 1.82) is 0 Å². The van der Waals surface area contributed by atoms with Crippen molar-refractivity contribution < 1.29 is 24.1 Å². The Morgan fingerprint density at radius 3 is 2.90 bits per heavy atom. The van der Waals surface area contributed by atoms with Gasteiger partial charge in [0.25, 0.3) is 0 Å². The zero-order valence-corrected chi connectivity index (χ0v) is 12.4. The van der Waals surface area contributed by atoms with Crippen molar-refractivity contribution in [2.45, 2.75) is 57.0 Å². The number of nitrogens with one attached hydrogen (secondary N) is 1. The van der Waals surface area contributed by atoms with Crippen molar-refractivity contribution in [3.63, 3.8) is 0 Å². The van der Waals surface area contributed by atoms with Crippen LogP contribution < -0.4 is 11.1 Å². The van der Waals surface area contributed by atoms with Gasteiger partial charge < -0.3 is 30.4 Å². The van der Waals surface area contributed by atoms with Gasteiger partial charge >= 0.3 is 0 Å². The first-order valence-electron chi connectivity index (χ1n) is 6.90. The molecule has 0 spiro atoms. The molecule has 7 heteroatoms. The molecule has 2 heterocycles. The fraction of sp³-hybridized carbons (Fsp3) is 0.714. The molecule has 0 aliphatic carbocycles. The highest BCUT2D eigenvalue weighted by Gasteiger charge is 2.45. The molecule has 0 bridgehead atoms. The Labute approximate surface area is 123 Å². The summed E-state index contributed by atoms with van der Waals surface area (Å²) >= 11 is 0. The zero-order valence-electron chi connectivity index (χ0n) is 12.4. The first-order chi connectivity index (χ1) is 9.84. The van der Waals surface area contributed by atoms with Gasteiger partial charge in [-0.15, -0.1) is 0 Å². The summed E-state index contributed by atoms with van der Waals surface area (Å²) in [7, 11) is 0. The summed E-state index contributed by atoms with van der Waals surface area (Å²) in [6.45, 7) is 5.59. The molecule has 7 nitrogen and oxygen atoms in total. The summed E-state index contributed by atoms with van der Waals surface area (Å²) in [6, 6.07) is -0.865. The predicted molar refractivity (Wildman–Crippen MR) is 74.7 cm³/mol. The molecule has 2 aliphatic heterocycles. The molecular weight excluding hydrogens is 276 g/mol. The van der Waals surface area contributed by atoms with Crippen LogP contribution in [0.3, 0.4) is 0 Å². The van der Waals surface area contributed by atoms with Gasteiger partial charge in [0, 0.05) is 0 Å². The van der Waals surface area contributed by atoms with E-state index in [1.54, 1.807) is 32.8 Å². The van der Waals surface area contributed by atoms with Gasteiger partial charge in [-0.3, -0.25) is 0 Å². The van der Waals surface area contributed by atoms with Crippen LogP contribution in [0.5, 0.6) is 0 Å². The monoisotopic (exact) mass is 298 g/mol. The minimum Gasteiger partial charge on any atom is -0.490 e. The van der Waals surface area contributed by atoms with Crippen molar-refractivity contribution >= 4 is 5.94 Å². The summed E-state index contributed by atoms with van der Waals surface area (Å²) in [5.41, 5.74) is 6.04. The van der Waals surface area contributed by atoms with E-state index in [1.807, 2.05) is 0 Å². The standard InChI is InChI=1S/C14H22N2O5/c1-8-6-9(15)11(16-4-5-17)13(20-8)12(18)10-7-19-14(2,3)21-10/h4,6,9-13,16,18H,7,15H2,1-3H3/t9?,10?,11?,12?,13-/m1/s1. The highest BCUT2D eigenvalue weighted by Crippen LogP contribution is 2.29. The fourth-order valence-corrected chi connectivity index (χ4v) is 2.63. The van der Waals surface area contributed by atoms with Crippen LogP contribution in [0, 0.1) is 0 Å². The molecule has 5 atom stereocenters. The number of carbonyl (C=O) groups excluding carboxylic acids is 1. The topological polar surface area (TPSA) is 103 Å². The summed E-state index contributed by atoms with van der Waals surface area (Å²) in [5.74, 6) is 1.52. The predicted octanol–water partition coefficient (Wildman–Crippen LogP) is -0.568. The number of aliphatic hydroxyl groups excluding tert-OH is 1. The molecular formula is C14H22N2O5. The molecule has 1 saturated heterocycles. The summed E-state index contributed by atoms with van der Waals surface area (Å²) in [5, 5.41) is 13.4. The van der Waals surface area contributed by atoms with E-state index in [9.17, 15) is 9.90 Å². The van der Waals surface area contributed by atoms with Gasteiger partial charge in [0.15, 0.2) is 5.79 Å². The van der Waals surface area contributed by atoms with E-state index in [4.69, 9.17) is 19.9 Å². The first-order valence-corrected chi connectivity index (χ1v) is 6.90. The quantitative estimate of drug-likeness (QED) is 0.597. The Hall–Kier alpha value is -1.37. The average Bonchev–Trinajstić information content (AvgIpc) is 2.76. The zero-order chi connectivity index (χ0) is 15.6. The number of allylic oxidation sites excluding steroid dienone is 1. The lowest BCUT2D eigenvalue weighted by atomic mass is 9.93. The van der Waals surface area contributed by atoms with E-state index in [0.717, 1.165) is 6.20 Å². The van der Waals surface area contributed by atoms with Crippen LogP contribution in [0.15, 0.2) is 18.0 Å². The summed E-state index contributed by atoms with van der Waals surface area (Å²) in [6.07, 6.45) is 0.733.